The Hall–Kier alpha value is -3.48. The van der Waals surface area contributed by atoms with E-state index in [1.807, 2.05) is 25.1 Å². The second kappa shape index (κ2) is 8.10. The first-order chi connectivity index (χ1) is 14.5. The standard InChI is InChI=1S/C23H23N3O4/c1-15-10-11-16-17(14-15)23(30)26(22(16)29)13-4-8-20(27)24-18-6-2-3-7-19(18)25-12-5-9-21(25)28/h2-3,6-7,10-11,14H,4-5,8-9,12-13H2,1H3,(H,24,27). The van der Waals surface area contributed by atoms with Crippen molar-refractivity contribution in [1.82, 2.24) is 4.90 Å². The van der Waals surface area contributed by atoms with Crippen LogP contribution >= 0.6 is 0 Å². The molecular formula is C23H23N3O4. The number of aryl methyl sites for hydroxylation is 1. The lowest BCUT2D eigenvalue weighted by Crippen LogP contribution is -2.31. The van der Waals surface area contributed by atoms with E-state index in [2.05, 4.69) is 5.32 Å². The molecule has 1 N–H and O–H groups in total. The van der Waals surface area contributed by atoms with Crippen molar-refractivity contribution in [3.05, 3.63) is 59.2 Å². The minimum Gasteiger partial charge on any atom is -0.324 e. The highest BCUT2D eigenvalue weighted by molar-refractivity contribution is 6.21. The highest BCUT2D eigenvalue weighted by atomic mass is 16.2. The first kappa shape index (κ1) is 19.8. The largest absolute Gasteiger partial charge is 0.324 e. The number of anilines is 2. The molecule has 1 fully saturated rings. The molecule has 0 aliphatic carbocycles. The van der Waals surface area contributed by atoms with Gasteiger partial charge in [-0.05, 0) is 44.0 Å². The van der Waals surface area contributed by atoms with E-state index in [1.165, 1.54) is 4.90 Å². The fourth-order valence-corrected chi connectivity index (χ4v) is 3.94. The lowest BCUT2D eigenvalue weighted by Gasteiger charge is -2.20. The number of nitrogens with one attached hydrogen (secondary N) is 1. The van der Waals surface area contributed by atoms with Crippen LogP contribution in [-0.4, -0.2) is 41.6 Å². The number of nitrogens with zero attached hydrogens (tertiary/aromatic N) is 2. The molecule has 0 atom stereocenters. The molecular weight excluding hydrogens is 382 g/mol. The summed E-state index contributed by atoms with van der Waals surface area (Å²) in [6.45, 7) is 2.70. The summed E-state index contributed by atoms with van der Waals surface area (Å²) in [6.07, 6.45) is 1.85. The molecule has 0 radical (unpaired) electrons. The van der Waals surface area contributed by atoms with Crippen molar-refractivity contribution in [2.75, 3.05) is 23.3 Å². The van der Waals surface area contributed by atoms with Crippen LogP contribution in [0.1, 0.15) is 52.0 Å². The lowest BCUT2D eigenvalue weighted by atomic mass is 10.1. The van der Waals surface area contributed by atoms with Crippen LogP contribution in [-0.2, 0) is 9.59 Å². The van der Waals surface area contributed by atoms with E-state index in [4.69, 9.17) is 0 Å². The molecule has 1 saturated heterocycles. The molecule has 154 valence electrons. The van der Waals surface area contributed by atoms with Crippen LogP contribution in [0.25, 0.3) is 0 Å². The van der Waals surface area contributed by atoms with Crippen molar-refractivity contribution in [1.29, 1.82) is 0 Å². The summed E-state index contributed by atoms with van der Waals surface area (Å²) in [4.78, 5) is 52.4. The number of carbonyl (C=O) groups excluding carboxylic acids is 4. The number of para-hydroxylation sites is 2. The summed E-state index contributed by atoms with van der Waals surface area (Å²) in [5.41, 5.74) is 3.05. The number of hydrogen-bond acceptors (Lipinski definition) is 4. The summed E-state index contributed by atoms with van der Waals surface area (Å²) in [5, 5.41) is 2.86. The SMILES string of the molecule is Cc1ccc2c(c1)C(=O)N(CCCC(=O)Nc1ccccc1N1CCCC1=O)C2=O. The van der Waals surface area contributed by atoms with Gasteiger partial charge in [-0.1, -0.05) is 23.8 Å². The Bertz CT molecular complexity index is 1050. The zero-order valence-corrected chi connectivity index (χ0v) is 16.8. The smallest absolute Gasteiger partial charge is 0.261 e. The number of carbonyl (C=O) groups is 4. The van der Waals surface area contributed by atoms with Crippen LogP contribution in [0, 0.1) is 6.92 Å². The predicted molar refractivity (Wildman–Crippen MR) is 112 cm³/mol. The van der Waals surface area contributed by atoms with Gasteiger partial charge in [0.25, 0.3) is 11.8 Å². The molecule has 7 nitrogen and oxygen atoms in total. The number of imide groups is 1. The quantitative estimate of drug-likeness (QED) is 0.748. The lowest BCUT2D eigenvalue weighted by molar-refractivity contribution is -0.117. The third-order valence-electron chi connectivity index (χ3n) is 5.45. The maximum Gasteiger partial charge on any atom is 0.261 e. The zero-order valence-electron chi connectivity index (χ0n) is 16.8. The maximum atomic E-state index is 12.5. The minimum atomic E-state index is -0.312. The Morgan fingerprint density at radius 2 is 1.80 bits per heavy atom. The Kier molecular flexibility index (Phi) is 5.35. The van der Waals surface area contributed by atoms with E-state index in [0.717, 1.165) is 12.0 Å². The molecule has 30 heavy (non-hydrogen) atoms. The highest BCUT2D eigenvalue weighted by Crippen LogP contribution is 2.29. The molecule has 0 spiro atoms. The fraction of sp³-hybridized carbons (Fsp3) is 0.304. The molecule has 2 aliphatic heterocycles. The van der Waals surface area contributed by atoms with E-state index in [-0.39, 0.29) is 36.6 Å². The third-order valence-corrected chi connectivity index (χ3v) is 5.45. The van der Waals surface area contributed by atoms with E-state index < -0.39 is 0 Å². The maximum absolute atomic E-state index is 12.5. The molecule has 4 amide bonds. The Balaban J connectivity index is 1.35. The van der Waals surface area contributed by atoms with Crippen molar-refractivity contribution in [2.24, 2.45) is 0 Å². The van der Waals surface area contributed by atoms with Gasteiger partial charge in [0.1, 0.15) is 0 Å². The second-order valence-electron chi connectivity index (χ2n) is 7.63. The van der Waals surface area contributed by atoms with E-state index in [0.29, 0.717) is 41.9 Å². The summed E-state index contributed by atoms with van der Waals surface area (Å²) >= 11 is 0. The van der Waals surface area contributed by atoms with Gasteiger partial charge in [0.2, 0.25) is 11.8 Å². The van der Waals surface area contributed by atoms with Crippen LogP contribution in [0.3, 0.4) is 0 Å². The summed E-state index contributed by atoms with van der Waals surface area (Å²) < 4.78 is 0. The van der Waals surface area contributed by atoms with Gasteiger partial charge < -0.3 is 10.2 Å². The van der Waals surface area contributed by atoms with Gasteiger partial charge in [0.05, 0.1) is 22.5 Å². The molecule has 7 heteroatoms. The second-order valence-corrected chi connectivity index (χ2v) is 7.63. The molecule has 0 aromatic heterocycles. The van der Waals surface area contributed by atoms with E-state index in [1.54, 1.807) is 29.2 Å². The van der Waals surface area contributed by atoms with E-state index in [9.17, 15) is 19.2 Å². The van der Waals surface area contributed by atoms with Gasteiger partial charge >= 0.3 is 0 Å². The summed E-state index contributed by atoms with van der Waals surface area (Å²) in [6, 6.07) is 12.4. The number of fused-ring (bicyclic) bond motifs is 1. The van der Waals surface area contributed by atoms with Gasteiger partial charge in [-0.25, -0.2) is 0 Å². The molecule has 2 heterocycles. The van der Waals surface area contributed by atoms with Crippen LogP contribution < -0.4 is 10.2 Å². The van der Waals surface area contributed by atoms with Crippen LogP contribution in [0.5, 0.6) is 0 Å². The van der Waals surface area contributed by atoms with Crippen molar-refractivity contribution in [2.45, 2.75) is 32.6 Å². The van der Waals surface area contributed by atoms with Crippen molar-refractivity contribution in [3.8, 4) is 0 Å². The van der Waals surface area contributed by atoms with Crippen LogP contribution in [0.4, 0.5) is 11.4 Å². The number of rotatable bonds is 6. The molecule has 0 unspecified atom stereocenters. The topological polar surface area (TPSA) is 86.8 Å². The number of benzene rings is 2. The van der Waals surface area contributed by atoms with Crippen molar-refractivity contribution < 1.29 is 19.2 Å². The number of hydrogen-bond donors (Lipinski definition) is 1. The Labute approximate surface area is 174 Å². The average molecular weight is 405 g/mol. The first-order valence-corrected chi connectivity index (χ1v) is 10.1. The molecule has 0 bridgehead atoms. The molecule has 2 aliphatic rings. The zero-order chi connectivity index (χ0) is 21.3. The third kappa shape index (κ3) is 3.70. The van der Waals surface area contributed by atoms with Crippen LogP contribution in [0.15, 0.2) is 42.5 Å². The normalized spacial score (nSPS) is 15.7. The van der Waals surface area contributed by atoms with E-state index >= 15 is 0 Å². The summed E-state index contributed by atoms with van der Waals surface area (Å²) in [7, 11) is 0. The van der Waals surface area contributed by atoms with Crippen molar-refractivity contribution in [3.63, 3.8) is 0 Å². The fourth-order valence-electron chi connectivity index (χ4n) is 3.94. The van der Waals surface area contributed by atoms with Gasteiger partial charge in [0.15, 0.2) is 0 Å². The summed E-state index contributed by atoms with van der Waals surface area (Å²) in [5.74, 6) is -0.788. The highest BCUT2D eigenvalue weighted by Gasteiger charge is 2.35. The first-order valence-electron chi connectivity index (χ1n) is 10.1. The average Bonchev–Trinajstić information content (AvgIpc) is 3.25. The Morgan fingerprint density at radius 3 is 2.57 bits per heavy atom. The van der Waals surface area contributed by atoms with Gasteiger partial charge in [0, 0.05) is 25.9 Å². The van der Waals surface area contributed by atoms with Gasteiger partial charge in [-0.2, -0.15) is 0 Å². The molecule has 2 aromatic rings. The Morgan fingerprint density at radius 1 is 1.03 bits per heavy atom. The predicted octanol–water partition coefficient (Wildman–Crippen LogP) is 3.14. The monoisotopic (exact) mass is 405 g/mol. The molecule has 4 rings (SSSR count). The van der Waals surface area contributed by atoms with Crippen molar-refractivity contribution >= 4 is 35.0 Å². The molecule has 2 aromatic carbocycles. The molecule has 0 saturated carbocycles. The number of amides is 4. The van der Waals surface area contributed by atoms with Gasteiger partial charge in [-0.15, -0.1) is 0 Å². The van der Waals surface area contributed by atoms with Gasteiger partial charge in [-0.3, -0.25) is 24.1 Å². The minimum absolute atomic E-state index is 0.0533. The van der Waals surface area contributed by atoms with Crippen LogP contribution in [0.2, 0.25) is 0 Å².